The van der Waals surface area contributed by atoms with Crippen LogP contribution < -0.4 is 10.2 Å². The number of rotatable bonds is 3. The normalized spacial score (nSPS) is 26.5. The van der Waals surface area contributed by atoms with E-state index in [9.17, 15) is 27.5 Å². The smallest absolute Gasteiger partial charge is 0.433 e. The number of alkyl halides is 4. The van der Waals surface area contributed by atoms with Crippen molar-refractivity contribution in [1.82, 2.24) is 20.1 Å². The molecule has 3 aliphatic heterocycles. The Balaban J connectivity index is 1.27. The van der Waals surface area contributed by atoms with Gasteiger partial charge in [-0.25, -0.2) is 9.37 Å². The van der Waals surface area contributed by atoms with E-state index in [-0.39, 0.29) is 35.8 Å². The summed E-state index contributed by atoms with van der Waals surface area (Å²) >= 11 is 0. The first-order chi connectivity index (χ1) is 16.2. The summed E-state index contributed by atoms with van der Waals surface area (Å²) in [6.07, 6.45) is -4.49. The van der Waals surface area contributed by atoms with E-state index in [1.165, 1.54) is 18.2 Å². The number of piperazine rings is 1. The SMILES string of the molecule is O=C([C@@H]1C[C@H](N2CCN(c3cc(C(F)(F)F)nc4ccc(O)cc34)CC2)CN1)N1CCC(F)C1. The fraction of sp³-hybridized carbons (Fsp3) is 0.565. The van der Waals surface area contributed by atoms with Gasteiger partial charge in [-0.15, -0.1) is 0 Å². The van der Waals surface area contributed by atoms with Gasteiger partial charge in [-0.05, 0) is 37.1 Å². The molecule has 2 aromatic rings. The number of aromatic nitrogens is 1. The lowest BCUT2D eigenvalue weighted by atomic mass is 10.1. The largest absolute Gasteiger partial charge is 0.508 e. The maximum absolute atomic E-state index is 13.5. The molecule has 11 heteroatoms. The van der Waals surface area contributed by atoms with Crippen molar-refractivity contribution in [3.8, 4) is 5.75 Å². The van der Waals surface area contributed by atoms with Crippen molar-refractivity contribution in [2.24, 2.45) is 0 Å². The van der Waals surface area contributed by atoms with Crippen LogP contribution in [0.2, 0.25) is 0 Å². The molecule has 0 radical (unpaired) electrons. The van der Waals surface area contributed by atoms with Gasteiger partial charge in [0.1, 0.15) is 17.6 Å². The summed E-state index contributed by atoms with van der Waals surface area (Å²) in [6, 6.07) is 5.04. The summed E-state index contributed by atoms with van der Waals surface area (Å²) in [6.45, 7) is 3.55. The van der Waals surface area contributed by atoms with E-state index in [0.717, 1.165) is 6.07 Å². The number of benzene rings is 1. The van der Waals surface area contributed by atoms with Gasteiger partial charge in [0.05, 0.1) is 18.1 Å². The van der Waals surface area contributed by atoms with Crippen LogP contribution in [0.4, 0.5) is 23.2 Å². The molecule has 34 heavy (non-hydrogen) atoms. The molecule has 3 atom stereocenters. The Labute approximate surface area is 194 Å². The molecule has 0 bridgehead atoms. The molecule has 3 fully saturated rings. The van der Waals surface area contributed by atoms with Crippen molar-refractivity contribution in [1.29, 1.82) is 0 Å². The summed E-state index contributed by atoms with van der Waals surface area (Å²) < 4.78 is 53.8. The second kappa shape index (κ2) is 8.84. The van der Waals surface area contributed by atoms with Crippen LogP contribution in [0.3, 0.4) is 0 Å². The predicted molar refractivity (Wildman–Crippen MR) is 118 cm³/mol. The molecule has 1 amide bonds. The molecule has 0 saturated carbocycles. The molecule has 2 N–H and O–H groups in total. The second-order valence-corrected chi connectivity index (χ2v) is 9.27. The summed E-state index contributed by atoms with van der Waals surface area (Å²) in [7, 11) is 0. The highest BCUT2D eigenvalue weighted by atomic mass is 19.4. The van der Waals surface area contributed by atoms with Crippen molar-refractivity contribution in [2.45, 2.75) is 37.3 Å². The molecule has 3 saturated heterocycles. The molecule has 184 valence electrons. The van der Waals surface area contributed by atoms with Gasteiger partial charge < -0.3 is 20.2 Å². The molecule has 0 spiro atoms. The van der Waals surface area contributed by atoms with Gasteiger partial charge in [0, 0.05) is 56.4 Å². The molecule has 0 aliphatic carbocycles. The highest BCUT2D eigenvalue weighted by molar-refractivity contribution is 5.93. The molecule has 4 heterocycles. The summed E-state index contributed by atoms with van der Waals surface area (Å²) in [5, 5.41) is 13.6. The summed E-state index contributed by atoms with van der Waals surface area (Å²) in [5.74, 6) is -0.0807. The Morgan fingerprint density at radius 2 is 1.88 bits per heavy atom. The third kappa shape index (κ3) is 4.50. The number of anilines is 1. The van der Waals surface area contributed by atoms with E-state index in [1.54, 1.807) is 4.90 Å². The zero-order chi connectivity index (χ0) is 24.0. The van der Waals surface area contributed by atoms with E-state index >= 15 is 0 Å². The standard InChI is InChI=1S/C23H27F4N5O2/c24-14-3-4-32(13-14)22(34)19-9-15(12-28-19)30-5-7-31(8-6-30)20-11-21(23(25,26)27)29-18-2-1-16(33)10-17(18)20/h1-2,10-11,14-15,19,28,33H,3-9,12-13H2/t14?,15-,19-/m0/s1. The van der Waals surface area contributed by atoms with E-state index in [2.05, 4.69) is 15.2 Å². The van der Waals surface area contributed by atoms with Crippen molar-refractivity contribution in [2.75, 3.05) is 50.7 Å². The van der Waals surface area contributed by atoms with Gasteiger partial charge in [0.25, 0.3) is 0 Å². The first kappa shape index (κ1) is 23.1. The molecule has 7 nitrogen and oxygen atoms in total. The number of aromatic hydroxyl groups is 1. The first-order valence-electron chi connectivity index (χ1n) is 11.6. The topological polar surface area (TPSA) is 71.9 Å². The number of carbonyl (C=O) groups excluding carboxylic acids is 1. The Kier molecular flexibility index (Phi) is 6.01. The van der Waals surface area contributed by atoms with Crippen LogP contribution in [-0.4, -0.2) is 89.9 Å². The molecule has 5 rings (SSSR count). The highest BCUT2D eigenvalue weighted by Crippen LogP contribution is 2.36. The highest BCUT2D eigenvalue weighted by Gasteiger charge is 2.38. The van der Waals surface area contributed by atoms with Crippen molar-refractivity contribution < 1.29 is 27.5 Å². The number of likely N-dealkylation sites (tertiary alicyclic amines) is 1. The van der Waals surface area contributed by atoms with Crippen LogP contribution in [0.5, 0.6) is 5.75 Å². The van der Waals surface area contributed by atoms with Crippen LogP contribution in [0, 0.1) is 0 Å². The molecular weight excluding hydrogens is 454 g/mol. The average Bonchev–Trinajstić information content (AvgIpc) is 3.47. The fourth-order valence-corrected chi connectivity index (χ4v) is 5.25. The monoisotopic (exact) mass is 481 g/mol. The number of carbonyl (C=O) groups is 1. The number of halogens is 4. The molecule has 1 aromatic carbocycles. The number of hydrogen-bond acceptors (Lipinski definition) is 6. The molecule has 1 unspecified atom stereocenters. The van der Waals surface area contributed by atoms with Crippen molar-refractivity contribution in [3.05, 3.63) is 30.0 Å². The van der Waals surface area contributed by atoms with E-state index < -0.39 is 18.0 Å². The Morgan fingerprint density at radius 3 is 2.56 bits per heavy atom. The molecular formula is C23H27F4N5O2. The van der Waals surface area contributed by atoms with Gasteiger partial charge in [-0.2, -0.15) is 13.2 Å². The minimum Gasteiger partial charge on any atom is -0.508 e. The third-order valence-electron chi connectivity index (χ3n) is 7.08. The minimum atomic E-state index is -4.57. The van der Waals surface area contributed by atoms with Gasteiger partial charge in [0.2, 0.25) is 5.91 Å². The van der Waals surface area contributed by atoms with Crippen molar-refractivity contribution in [3.63, 3.8) is 0 Å². The number of pyridine rings is 1. The third-order valence-corrected chi connectivity index (χ3v) is 7.08. The first-order valence-corrected chi connectivity index (χ1v) is 11.6. The zero-order valence-corrected chi connectivity index (χ0v) is 18.6. The van der Waals surface area contributed by atoms with E-state index in [4.69, 9.17) is 0 Å². The number of phenols is 1. The number of nitrogens with zero attached hydrogens (tertiary/aromatic N) is 4. The number of amides is 1. The van der Waals surface area contributed by atoms with Crippen molar-refractivity contribution >= 4 is 22.5 Å². The van der Waals surface area contributed by atoms with Crippen LogP contribution in [0.25, 0.3) is 10.9 Å². The number of fused-ring (bicyclic) bond motifs is 1. The quantitative estimate of drug-likeness (QED) is 0.657. The minimum absolute atomic E-state index is 0.0289. The Morgan fingerprint density at radius 1 is 1.12 bits per heavy atom. The van der Waals surface area contributed by atoms with Crippen LogP contribution in [-0.2, 0) is 11.0 Å². The van der Waals surface area contributed by atoms with Gasteiger partial charge in [-0.3, -0.25) is 9.69 Å². The molecule has 1 aromatic heterocycles. The zero-order valence-electron chi connectivity index (χ0n) is 18.6. The van der Waals surface area contributed by atoms with Gasteiger partial charge >= 0.3 is 6.18 Å². The molecule has 3 aliphatic rings. The number of nitrogens with one attached hydrogen (secondary N) is 1. The Hall–Kier alpha value is -2.66. The average molecular weight is 481 g/mol. The van der Waals surface area contributed by atoms with E-state index in [1.807, 2.05) is 4.90 Å². The lowest BCUT2D eigenvalue weighted by molar-refractivity contribution is -0.141. The fourth-order valence-electron chi connectivity index (χ4n) is 5.25. The summed E-state index contributed by atoms with van der Waals surface area (Å²) in [4.78, 5) is 22.2. The predicted octanol–water partition coefficient (Wildman–Crippen LogP) is 2.38. The lowest BCUT2D eigenvalue weighted by Crippen LogP contribution is -2.51. The number of hydrogen-bond donors (Lipinski definition) is 2. The van der Waals surface area contributed by atoms with E-state index in [0.29, 0.717) is 63.2 Å². The summed E-state index contributed by atoms with van der Waals surface area (Å²) in [5.41, 5.74) is -0.369. The van der Waals surface area contributed by atoms with Crippen LogP contribution in [0.1, 0.15) is 18.5 Å². The van der Waals surface area contributed by atoms with Crippen LogP contribution >= 0.6 is 0 Å². The second-order valence-electron chi connectivity index (χ2n) is 9.27. The van der Waals surface area contributed by atoms with Crippen LogP contribution in [0.15, 0.2) is 24.3 Å². The number of phenolic OH excluding ortho intramolecular Hbond substituents is 1. The van der Waals surface area contributed by atoms with Gasteiger partial charge in [0.15, 0.2) is 0 Å². The lowest BCUT2D eigenvalue weighted by Gasteiger charge is -2.39. The van der Waals surface area contributed by atoms with Gasteiger partial charge in [-0.1, -0.05) is 0 Å². The maximum Gasteiger partial charge on any atom is 0.433 e. The maximum atomic E-state index is 13.5. The Bertz CT molecular complexity index is 1070.